The normalized spacial score (nSPS) is 28.1. The van der Waals surface area contributed by atoms with Crippen molar-refractivity contribution in [1.82, 2.24) is 4.90 Å². The summed E-state index contributed by atoms with van der Waals surface area (Å²) in [7, 11) is 0. The standard InChI is InChI=1S/C19H24ClNO5/c20-14-5-3-4-13(10-14)11-18(6-1-2-7-18)16(23)21-9-8-19(26,17(24)25)15(22)12-21/h3-5,10,15,22,26H,1-2,6-9,11-12H2,(H,24,25)/t15-,19+/m1/s1. The van der Waals surface area contributed by atoms with Crippen LogP contribution in [0.2, 0.25) is 5.02 Å². The number of hydrogen-bond donors (Lipinski definition) is 3. The lowest BCUT2D eigenvalue weighted by molar-refractivity contribution is -0.185. The number of rotatable bonds is 4. The molecule has 26 heavy (non-hydrogen) atoms. The number of aliphatic hydroxyl groups is 2. The summed E-state index contributed by atoms with van der Waals surface area (Å²) in [6.07, 6.45) is 2.33. The molecule has 0 radical (unpaired) electrons. The number of carboxylic acid groups (broad SMARTS) is 1. The molecule has 1 aliphatic carbocycles. The van der Waals surface area contributed by atoms with Gasteiger partial charge in [-0.25, -0.2) is 4.79 Å². The van der Waals surface area contributed by atoms with Crippen LogP contribution in [-0.2, 0) is 16.0 Å². The van der Waals surface area contributed by atoms with Gasteiger partial charge in [-0.1, -0.05) is 36.6 Å². The van der Waals surface area contributed by atoms with E-state index in [1.165, 1.54) is 4.90 Å². The van der Waals surface area contributed by atoms with Crippen molar-refractivity contribution in [3.63, 3.8) is 0 Å². The van der Waals surface area contributed by atoms with Crippen LogP contribution in [0.4, 0.5) is 0 Å². The molecule has 1 saturated carbocycles. The number of piperidine rings is 1. The quantitative estimate of drug-likeness (QED) is 0.739. The fourth-order valence-corrected chi connectivity index (χ4v) is 4.46. The Bertz CT molecular complexity index is 703. The third-order valence-electron chi connectivity index (χ3n) is 5.81. The second-order valence-electron chi connectivity index (χ2n) is 7.54. The largest absolute Gasteiger partial charge is 0.479 e. The van der Waals surface area contributed by atoms with Crippen LogP contribution in [0.5, 0.6) is 0 Å². The van der Waals surface area contributed by atoms with E-state index in [9.17, 15) is 19.8 Å². The highest BCUT2D eigenvalue weighted by molar-refractivity contribution is 6.30. The molecule has 6 nitrogen and oxygen atoms in total. The van der Waals surface area contributed by atoms with Crippen molar-refractivity contribution in [3.8, 4) is 0 Å². The summed E-state index contributed by atoms with van der Waals surface area (Å²) in [6.45, 7) is -0.0467. The summed E-state index contributed by atoms with van der Waals surface area (Å²) < 4.78 is 0. The van der Waals surface area contributed by atoms with Gasteiger partial charge < -0.3 is 20.2 Å². The van der Waals surface area contributed by atoms with Crippen molar-refractivity contribution in [2.45, 2.75) is 50.2 Å². The summed E-state index contributed by atoms with van der Waals surface area (Å²) in [5.41, 5.74) is -1.75. The average Bonchev–Trinajstić information content (AvgIpc) is 3.06. The summed E-state index contributed by atoms with van der Waals surface area (Å²) in [5, 5.41) is 30.0. The molecule has 1 aromatic carbocycles. The molecule has 0 spiro atoms. The molecule has 1 aliphatic heterocycles. The molecule has 2 aliphatic rings. The second kappa shape index (κ2) is 7.18. The van der Waals surface area contributed by atoms with Crippen LogP contribution in [0.25, 0.3) is 0 Å². The van der Waals surface area contributed by atoms with Gasteiger partial charge in [0.1, 0.15) is 6.10 Å². The van der Waals surface area contributed by atoms with E-state index in [4.69, 9.17) is 16.7 Å². The molecule has 1 saturated heterocycles. The number of hydrogen-bond acceptors (Lipinski definition) is 4. The maximum atomic E-state index is 13.3. The van der Waals surface area contributed by atoms with Crippen molar-refractivity contribution in [2.75, 3.05) is 13.1 Å². The van der Waals surface area contributed by atoms with Gasteiger partial charge in [0.2, 0.25) is 5.91 Å². The van der Waals surface area contributed by atoms with Gasteiger partial charge in [-0.2, -0.15) is 0 Å². The molecule has 3 rings (SSSR count). The number of amides is 1. The number of β-amino-alcohol motifs (C(OH)–C–C–N with tert-alkyl or cyclic N) is 1. The minimum absolute atomic E-state index is 0.0681. The first-order chi connectivity index (χ1) is 12.3. The third kappa shape index (κ3) is 3.46. The van der Waals surface area contributed by atoms with E-state index in [0.29, 0.717) is 11.4 Å². The molecule has 1 heterocycles. The molecule has 0 bridgehead atoms. The molecule has 0 unspecified atom stereocenters. The van der Waals surface area contributed by atoms with Gasteiger partial charge in [0.15, 0.2) is 5.60 Å². The summed E-state index contributed by atoms with van der Waals surface area (Å²) >= 11 is 6.07. The van der Waals surface area contributed by atoms with Gasteiger partial charge in [-0.3, -0.25) is 4.79 Å². The Hall–Kier alpha value is -1.63. The molecular weight excluding hydrogens is 358 g/mol. The number of carboxylic acids is 1. The minimum atomic E-state index is -2.19. The van der Waals surface area contributed by atoms with E-state index in [2.05, 4.69) is 0 Å². The molecule has 0 aromatic heterocycles. The molecule has 1 aromatic rings. The molecular formula is C19H24ClNO5. The van der Waals surface area contributed by atoms with Crippen LogP contribution in [-0.4, -0.2) is 56.9 Å². The number of carbonyl (C=O) groups is 2. The highest BCUT2D eigenvalue weighted by Crippen LogP contribution is 2.43. The number of aliphatic hydroxyl groups excluding tert-OH is 1. The van der Waals surface area contributed by atoms with E-state index >= 15 is 0 Å². The van der Waals surface area contributed by atoms with Crippen LogP contribution in [0.15, 0.2) is 24.3 Å². The second-order valence-corrected chi connectivity index (χ2v) is 7.98. The zero-order valence-corrected chi connectivity index (χ0v) is 15.3. The average molecular weight is 382 g/mol. The maximum absolute atomic E-state index is 13.3. The minimum Gasteiger partial charge on any atom is -0.479 e. The lowest BCUT2D eigenvalue weighted by atomic mass is 9.77. The fraction of sp³-hybridized carbons (Fsp3) is 0.579. The van der Waals surface area contributed by atoms with Gasteiger partial charge in [-0.15, -0.1) is 0 Å². The first kappa shape index (κ1) is 19.1. The molecule has 2 atom stereocenters. The molecule has 7 heteroatoms. The van der Waals surface area contributed by atoms with Crippen molar-refractivity contribution < 1.29 is 24.9 Å². The predicted molar refractivity (Wildman–Crippen MR) is 95.8 cm³/mol. The van der Waals surface area contributed by atoms with E-state index in [0.717, 1.165) is 31.2 Å². The lowest BCUT2D eigenvalue weighted by Crippen LogP contribution is -2.62. The van der Waals surface area contributed by atoms with Crippen molar-refractivity contribution in [3.05, 3.63) is 34.9 Å². The van der Waals surface area contributed by atoms with Crippen LogP contribution in [0.1, 0.15) is 37.7 Å². The first-order valence-electron chi connectivity index (χ1n) is 8.94. The number of halogens is 1. The Morgan fingerprint density at radius 3 is 2.50 bits per heavy atom. The van der Waals surface area contributed by atoms with Crippen LogP contribution < -0.4 is 0 Å². The van der Waals surface area contributed by atoms with Gasteiger partial charge in [-0.05, 0) is 37.0 Å². The summed E-state index contributed by atoms with van der Waals surface area (Å²) in [5.74, 6) is -1.52. The van der Waals surface area contributed by atoms with Crippen LogP contribution in [0, 0.1) is 5.41 Å². The number of aliphatic carboxylic acids is 1. The smallest absolute Gasteiger partial charge is 0.338 e. The summed E-state index contributed by atoms with van der Waals surface area (Å²) in [6, 6.07) is 7.47. The van der Waals surface area contributed by atoms with E-state index in [-0.39, 0.29) is 25.4 Å². The molecule has 2 fully saturated rings. The van der Waals surface area contributed by atoms with Crippen molar-refractivity contribution in [1.29, 1.82) is 0 Å². The van der Waals surface area contributed by atoms with Gasteiger partial charge in [0, 0.05) is 18.0 Å². The lowest BCUT2D eigenvalue weighted by Gasteiger charge is -2.42. The van der Waals surface area contributed by atoms with Crippen molar-refractivity contribution >= 4 is 23.5 Å². The van der Waals surface area contributed by atoms with Gasteiger partial charge >= 0.3 is 5.97 Å². The molecule has 3 N–H and O–H groups in total. The Kier molecular flexibility index (Phi) is 5.28. The number of nitrogens with zero attached hydrogens (tertiary/aromatic N) is 1. The Morgan fingerprint density at radius 1 is 1.23 bits per heavy atom. The number of benzene rings is 1. The molecule has 1 amide bonds. The highest BCUT2D eigenvalue weighted by atomic mass is 35.5. The van der Waals surface area contributed by atoms with Gasteiger partial charge in [0.05, 0.1) is 12.0 Å². The monoisotopic (exact) mass is 381 g/mol. The highest BCUT2D eigenvalue weighted by Gasteiger charge is 2.51. The number of likely N-dealkylation sites (tertiary alicyclic amines) is 1. The van der Waals surface area contributed by atoms with E-state index < -0.39 is 23.1 Å². The van der Waals surface area contributed by atoms with Crippen molar-refractivity contribution in [2.24, 2.45) is 5.41 Å². The fourth-order valence-electron chi connectivity index (χ4n) is 4.25. The van der Waals surface area contributed by atoms with Crippen LogP contribution in [0.3, 0.4) is 0 Å². The Labute approximate surface area is 157 Å². The zero-order valence-electron chi connectivity index (χ0n) is 14.5. The predicted octanol–water partition coefficient (Wildman–Crippen LogP) is 1.85. The Balaban J connectivity index is 1.79. The molecule has 142 valence electrons. The first-order valence-corrected chi connectivity index (χ1v) is 9.32. The van der Waals surface area contributed by atoms with Gasteiger partial charge in [0.25, 0.3) is 0 Å². The number of carbonyl (C=O) groups excluding carboxylic acids is 1. The third-order valence-corrected chi connectivity index (χ3v) is 6.05. The maximum Gasteiger partial charge on any atom is 0.338 e. The zero-order chi connectivity index (χ0) is 18.9. The van der Waals surface area contributed by atoms with E-state index in [1.54, 1.807) is 6.07 Å². The Morgan fingerprint density at radius 2 is 1.92 bits per heavy atom. The van der Waals surface area contributed by atoms with E-state index in [1.807, 2.05) is 18.2 Å². The topological polar surface area (TPSA) is 98.1 Å². The van der Waals surface area contributed by atoms with Crippen LogP contribution >= 0.6 is 11.6 Å². The SMILES string of the molecule is O=C(N1CC[C@@](O)(C(=O)O)[C@H](O)C1)C1(Cc2cccc(Cl)c2)CCCC1. The summed E-state index contributed by atoms with van der Waals surface area (Å²) in [4.78, 5) is 26.0.